The molecule has 0 aliphatic rings. The maximum Gasteiger partial charge on any atom is 0.306 e. The van der Waals surface area contributed by atoms with Crippen molar-refractivity contribution in [2.24, 2.45) is 0 Å². The first-order valence-electron chi connectivity index (χ1n) is 18.2. The van der Waals surface area contributed by atoms with Gasteiger partial charge in [-0.2, -0.15) is 0 Å². The highest BCUT2D eigenvalue weighted by Crippen LogP contribution is 2.14. The molecule has 5 nitrogen and oxygen atoms in total. The smallest absolute Gasteiger partial charge is 0.306 e. The molecule has 0 fully saturated rings. The van der Waals surface area contributed by atoms with Gasteiger partial charge in [-0.1, -0.05) is 154 Å². The number of rotatable bonds is 33. The summed E-state index contributed by atoms with van der Waals surface area (Å²) in [7, 11) is 0. The van der Waals surface area contributed by atoms with Gasteiger partial charge in [-0.05, 0) is 38.5 Å². The molecule has 0 unspecified atom stereocenters. The molecule has 0 heterocycles. The molecule has 0 aromatic carbocycles. The highest BCUT2D eigenvalue weighted by Gasteiger charge is 2.16. The van der Waals surface area contributed by atoms with Gasteiger partial charge in [0.15, 0.2) is 6.10 Å². The summed E-state index contributed by atoms with van der Waals surface area (Å²) < 4.78 is 10.6. The third-order valence-corrected chi connectivity index (χ3v) is 8.06. The average Bonchev–Trinajstić information content (AvgIpc) is 2.99. The average molecular weight is 595 g/mol. The van der Waals surface area contributed by atoms with Crippen molar-refractivity contribution in [2.75, 3.05) is 13.2 Å². The number of hydrogen-bond acceptors (Lipinski definition) is 5. The second-order valence-electron chi connectivity index (χ2n) is 12.3. The summed E-state index contributed by atoms with van der Waals surface area (Å²) in [6, 6.07) is 0. The van der Waals surface area contributed by atoms with Gasteiger partial charge < -0.3 is 14.6 Å². The molecule has 0 saturated heterocycles. The molecule has 0 radical (unpaired) electrons. The van der Waals surface area contributed by atoms with Gasteiger partial charge in [0.2, 0.25) is 0 Å². The zero-order chi connectivity index (χ0) is 30.8. The van der Waals surface area contributed by atoms with E-state index in [1.165, 1.54) is 122 Å². The predicted octanol–water partition coefficient (Wildman–Crippen LogP) is 11.0. The lowest BCUT2D eigenvalue weighted by Gasteiger charge is -2.15. The van der Waals surface area contributed by atoms with E-state index in [2.05, 4.69) is 26.0 Å². The molecule has 5 heteroatoms. The van der Waals surface area contributed by atoms with Crippen LogP contribution >= 0.6 is 0 Å². The number of aliphatic hydroxyl groups is 1. The lowest BCUT2D eigenvalue weighted by atomic mass is 10.0. The van der Waals surface area contributed by atoms with Crippen molar-refractivity contribution in [2.45, 2.75) is 200 Å². The summed E-state index contributed by atoms with van der Waals surface area (Å²) in [5.74, 6) is -0.593. The molecule has 0 bridgehead atoms. The molecule has 42 heavy (non-hydrogen) atoms. The number of aliphatic hydroxyl groups excluding tert-OH is 1. The minimum atomic E-state index is -0.766. The van der Waals surface area contributed by atoms with Gasteiger partial charge >= 0.3 is 11.9 Å². The molecule has 0 spiro atoms. The van der Waals surface area contributed by atoms with Crippen molar-refractivity contribution in [1.29, 1.82) is 0 Å². The Hall–Kier alpha value is -1.36. The molecule has 1 atom stereocenters. The highest BCUT2D eigenvalue weighted by molar-refractivity contribution is 5.70. The van der Waals surface area contributed by atoms with E-state index in [0.29, 0.717) is 12.8 Å². The number of hydrogen-bond donors (Lipinski definition) is 1. The summed E-state index contributed by atoms with van der Waals surface area (Å²) >= 11 is 0. The highest BCUT2D eigenvalue weighted by atomic mass is 16.6. The zero-order valence-electron chi connectivity index (χ0n) is 28.0. The Morgan fingerprint density at radius 3 is 1.29 bits per heavy atom. The van der Waals surface area contributed by atoms with E-state index in [0.717, 1.165) is 44.9 Å². The van der Waals surface area contributed by atoms with Crippen LogP contribution in [-0.2, 0) is 19.1 Å². The number of esters is 2. The third-order valence-electron chi connectivity index (χ3n) is 8.06. The van der Waals surface area contributed by atoms with Crippen LogP contribution in [0.5, 0.6) is 0 Å². The van der Waals surface area contributed by atoms with Crippen molar-refractivity contribution in [1.82, 2.24) is 0 Å². The van der Waals surface area contributed by atoms with Crippen LogP contribution in [0, 0.1) is 0 Å². The number of carbonyl (C=O) groups excluding carboxylic acids is 2. The van der Waals surface area contributed by atoms with Crippen LogP contribution in [0.3, 0.4) is 0 Å². The molecule has 0 aliphatic carbocycles. The number of unbranched alkanes of at least 4 members (excludes halogenated alkanes) is 23. The Morgan fingerprint density at radius 1 is 0.524 bits per heavy atom. The zero-order valence-corrected chi connectivity index (χ0v) is 28.0. The van der Waals surface area contributed by atoms with E-state index >= 15 is 0 Å². The van der Waals surface area contributed by atoms with Crippen LogP contribution in [0.2, 0.25) is 0 Å². The van der Waals surface area contributed by atoms with Gasteiger partial charge in [-0.25, -0.2) is 0 Å². The van der Waals surface area contributed by atoms with Crippen molar-refractivity contribution >= 4 is 11.9 Å². The Labute approximate surface area is 261 Å². The molecule has 0 amide bonds. The maximum absolute atomic E-state index is 12.1. The van der Waals surface area contributed by atoms with E-state index in [-0.39, 0.29) is 25.2 Å². The SMILES string of the molecule is CCCCCCC/C=C/CCCCCCCC(=O)OC[C@H](CO)OC(=O)CCCCCCCCCCCCCCCC. The van der Waals surface area contributed by atoms with Crippen molar-refractivity contribution in [3.63, 3.8) is 0 Å². The van der Waals surface area contributed by atoms with E-state index in [4.69, 9.17) is 9.47 Å². The van der Waals surface area contributed by atoms with Crippen molar-refractivity contribution in [3.8, 4) is 0 Å². The van der Waals surface area contributed by atoms with E-state index in [1.54, 1.807) is 0 Å². The summed E-state index contributed by atoms with van der Waals surface area (Å²) in [4.78, 5) is 24.2. The van der Waals surface area contributed by atoms with Crippen molar-refractivity contribution < 1.29 is 24.2 Å². The summed E-state index contributed by atoms with van der Waals surface area (Å²) in [5.41, 5.74) is 0. The fourth-order valence-electron chi connectivity index (χ4n) is 5.25. The number of ether oxygens (including phenoxy) is 2. The van der Waals surface area contributed by atoms with Crippen LogP contribution in [0.25, 0.3) is 0 Å². The molecule has 0 saturated carbocycles. The van der Waals surface area contributed by atoms with Gasteiger partial charge in [0.05, 0.1) is 6.61 Å². The second kappa shape index (κ2) is 34.1. The maximum atomic E-state index is 12.1. The first-order chi connectivity index (χ1) is 20.6. The predicted molar refractivity (Wildman–Crippen MR) is 178 cm³/mol. The normalized spacial score (nSPS) is 12.2. The molecule has 248 valence electrons. The largest absolute Gasteiger partial charge is 0.462 e. The first kappa shape index (κ1) is 40.6. The Bertz CT molecular complexity index is 603. The Kier molecular flexibility index (Phi) is 33.0. The Balaban J connectivity index is 3.55. The van der Waals surface area contributed by atoms with Crippen LogP contribution in [-0.4, -0.2) is 36.4 Å². The second-order valence-corrected chi connectivity index (χ2v) is 12.3. The number of carbonyl (C=O) groups is 2. The molecule has 0 aromatic rings. The lowest BCUT2D eigenvalue weighted by molar-refractivity contribution is -0.161. The summed E-state index contributed by atoms with van der Waals surface area (Å²) in [6.07, 6.45) is 36.9. The standard InChI is InChI=1S/C37H70O5/c1-3-5-7-9-11-13-15-17-19-21-23-25-27-29-31-36(39)41-34-35(33-38)42-37(40)32-30-28-26-24-22-20-18-16-14-12-10-8-6-4-2/h15,17,35,38H,3-14,16,18-34H2,1-2H3/b17-15+/t35-/m0/s1. The third kappa shape index (κ3) is 31.6. The quantitative estimate of drug-likeness (QED) is 0.0465. The van der Waals surface area contributed by atoms with Crippen molar-refractivity contribution in [3.05, 3.63) is 12.2 Å². The van der Waals surface area contributed by atoms with E-state index < -0.39 is 6.10 Å². The Morgan fingerprint density at radius 2 is 0.881 bits per heavy atom. The van der Waals surface area contributed by atoms with Gasteiger partial charge in [0.1, 0.15) is 6.61 Å². The summed E-state index contributed by atoms with van der Waals surface area (Å²) in [6.45, 7) is 4.12. The van der Waals surface area contributed by atoms with Gasteiger partial charge in [-0.15, -0.1) is 0 Å². The summed E-state index contributed by atoms with van der Waals surface area (Å²) in [5, 5.41) is 9.52. The van der Waals surface area contributed by atoms with Crippen LogP contribution in [0.4, 0.5) is 0 Å². The fourth-order valence-corrected chi connectivity index (χ4v) is 5.25. The first-order valence-corrected chi connectivity index (χ1v) is 18.2. The molecular weight excluding hydrogens is 524 g/mol. The van der Waals surface area contributed by atoms with Crippen LogP contribution in [0.15, 0.2) is 12.2 Å². The van der Waals surface area contributed by atoms with Crippen LogP contribution < -0.4 is 0 Å². The molecule has 0 rings (SSSR count). The topological polar surface area (TPSA) is 72.8 Å². The van der Waals surface area contributed by atoms with Gasteiger partial charge in [-0.3, -0.25) is 9.59 Å². The minimum Gasteiger partial charge on any atom is -0.462 e. The van der Waals surface area contributed by atoms with Gasteiger partial charge in [0, 0.05) is 12.8 Å². The van der Waals surface area contributed by atoms with E-state index in [1.807, 2.05) is 0 Å². The number of allylic oxidation sites excluding steroid dienone is 2. The molecular formula is C37H70O5. The fraction of sp³-hybridized carbons (Fsp3) is 0.892. The molecule has 0 aromatic heterocycles. The molecule has 1 N–H and O–H groups in total. The van der Waals surface area contributed by atoms with Gasteiger partial charge in [0.25, 0.3) is 0 Å². The minimum absolute atomic E-state index is 0.0647. The van der Waals surface area contributed by atoms with E-state index in [9.17, 15) is 14.7 Å². The monoisotopic (exact) mass is 595 g/mol. The molecule has 0 aliphatic heterocycles. The van der Waals surface area contributed by atoms with Crippen LogP contribution in [0.1, 0.15) is 194 Å². The lowest BCUT2D eigenvalue weighted by Crippen LogP contribution is -2.28.